The second-order valence-corrected chi connectivity index (χ2v) is 7.81. The smallest absolute Gasteiger partial charge is 0.266 e. The van der Waals surface area contributed by atoms with Gasteiger partial charge in [0.2, 0.25) is 5.91 Å². The summed E-state index contributed by atoms with van der Waals surface area (Å²) >= 11 is 7.90. The third-order valence-electron chi connectivity index (χ3n) is 3.39. The Kier molecular flexibility index (Phi) is 5.10. The van der Waals surface area contributed by atoms with Gasteiger partial charge in [0.05, 0.1) is 23.3 Å². The van der Waals surface area contributed by atoms with Gasteiger partial charge in [-0.3, -0.25) is 14.5 Å². The summed E-state index contributed by atoms with van der Waals surface area (Å²) < 4.78 is 5.52. The van der Waals surface area contributed by atoms with Gasteiger partial charge in [0.1, 0.15) is 16.6 Å². The predicted molar refractivity (Wildman–Crippen MR) is 93.8 cm³/mol. The van der Waals surface area contributed by atoms with Crippen molar-refractivity contribution >= 4 is 58.0 Å². The molecule has 0 spiro atoms. The molecule has 23 heavy (non-hydrogen) atoms. The van der Waals surface area contributed by atoms with Crippen LogP contribution in [0.1, 0.15) is 5.76 Å². The standard InChI is InChI=1S/C14H14N2O4S3/c17-10-7-22-6-9(10)15-12(18)5-16-13(19)11(23-14(16)21)4-8-2-1-3-20-8/h1-4,9-10,17H,5-7H2,(H,15,18)/b11-4-. The highest BCUT2D eigenvalue weighted by Crippen LogP contribution is 2.32. The van der Waals surface area contributed by atoms with Crippen molar-refractivity contribution in [3.8, 4) is 0 Å². The Labute approximate surface area is 146 Å². The van der Waals surface area contributed by atoms with Crippen LogP contribution in [0.15, 0.2) is 27.7 Å². The molecule has 2 amide bonds. The van der Waals surface area contributed by atoms with E-state index in [1.165, 1.54) is 11.2 Å². The minimum atomic E-state index is -0.547. The lowest BCUT2D eigenvalue weighted by molar-refractivity contribution is -0.129. The molecule has 3 rings (SSSR count). The van der Waals surface area contributed by atoms with Gasteiger partial charge in [-0.15, -0.1) is 0 Å². The number of aliphatic hydroxyl groups is 1. The number of furan rings is 1. The van der Waals surface area contributed by atoms with Crippen LogP contribution in [0.5, 0.6) is 0 Å². The SMILES string of the molecule is O=C(CN1C(=O)/C(=C/c2ccco2)SC1=S)NC1CSCC1O. The molecule has 2 atom stereocenters. The van der Waals surface area contributed by atoms with E-state index >= 15 is 0 Å². The number of carbonyl (C=O) groups is 2. The van der Waals surface area contributed by atoms with E-state index in [0.717, 1.165) is 11.8 Å². The zero-order valence-electron chi connectivity index (χ0n) is 11.9. The van der Waals surface area contributed by atoms with Crippen molar-refractivity contribution in [1.29, 1.82) is 0 Å². The van der Waals surface area contributed by atoms with E-state index in [-0.39, 0.29) is 24.4 Å². The lowest BCUT2D eigenvalue weighted by Crippen LogP contribution is -2.47. The fourth-order valence-electron chi connectivity index (χ4n) is 2.22. The van der Waals surface area contributed by atoms with Crippen LogP contribution in [0, 0.1) is 0 Å². The number of rotatable bonds is 4. The van der Waals surface area contributed by atoms with Crippen molar-refractivity contribution in [3.63, 3.8) is 0 Å². The lowest BCUT2D eigenvalue weighted by atomic mass is 10.2. The van der Waals surface area contributed by atoms with Gasteiger partial charge in [-0.05, 0) is 12.1 Å². The van der Waals surface area contributed by atoms with Gasteiger partial charge in [-0.25, -0.2) is 0 Å². The lowest BCUT2D eigenvalue weighted by Gasteiger charge is -2.18. The molecule has 6 nitrogen and oxygen atoms in total. The quantitative estimate of drug-likeness (QED) is 0.606. The Morgan fingerprint density at radius 3 is 3.04 bits per heavy atom. The third kappa shape index (κ3) is 3.79. The first-order valence-electron chi connectivity index (χ1n) is 6.88. The molecule has 2 aliphatic rings. The van der Waals surface area contributed by atoms with Gasteiger partial charge in [-0.1, -0.05) is 24.0 Å². The summed E-state index contributed by atoms with van der Waals surface area (Å²) in [6.07, 6.45) is 2.58. The van der Waals surface area contributed by atoms with Gasteiger partial charge in [0, 0.05) is 17.6 Å². The van der Waals surface area contributed by atoms with E-state index in [2.05, 4.69) is 5.32 Å². The molecule has 0 aromatic carbocycles. The van der Waals surface area contributed by atoms with Gasteiger partial charge >= 0.3 is 0 Å². The molecule has 0 bridgehead atoms. The summed E-state index contributed by atoms with van der Waals surface area (Å²) in [7, 11) is 0. The number of amides is 2. The normalized spacial score (nSPS) is 26.3. The molecule has 2 aliphatic heterocycles. The summed E-state index contributed by atoms with van der Waals surface area (Å²) in [4.78, 5) is 26.1. The summed E-state index contributed by atoms with van der Waals surface area (Å²) in [5.74, 6) is 1.20. The molecule has 0 aliphatic carbocycles. The van der Waals surface area contributed by atoms with Gasteiger partial charge < -0.3 is 14.8 Å². The number of nitrogens with zero attached hydrogens (tertiary/aromatic N) is 1. The number of carbonyl (C=O) groups excluding carboxylic acids is 2. The van der Waals surface area contributed by atoms with Crippen molar-refractivity contribution in [2.45, 2.75) is 12.1 Å². The van der Waals surface area contributed by atoms with E-state index in [9.17, 15) is 14.7 Å². The average molecular weight is 370 g/mol. The summed E-state index contributed by atoms with van der Waals surface area (Å²) in [5.41, 5.74) is 0. The number of thiocarbonyl (C=S) groups is 1. The molecule has 122 valence electrons. The zero-order chi connectivity index (χ0) is 16.4. The molecular weight excluding hydrogens is 356 g/mol. The Bertz CT molecular complexity index is 659. The Morgan fingerprint density at radius 2 is 2.39 bits per heavy atom. The summed E-state index contributed by atoms with van der Waals surface area (Å²) in [6.45, 7) is -0.145. The molecule has 2 saturated heterocycles. The minimum absolute atomic E-state index is 0.145. The second-order valence-electron chi connectivity index (χ2n) is 5.06. The van der Waals surface area contributed by atoms with Crippen LogP contribution in [-0.2, 0) is 9.59 Å². The predicted octanol–water partition coefficient (Wildman–Crippen LogP) is 1.07. The van der Waals surface area contributed by atoms with Crippen LogP contribution in [0.3, 0.4) is 0 Å². The highest BCUT2D eigenvalue weighted by molar-refractivity contribution is 8.26. The van der Waals surface area contributed by atoms with Crippen molar-refractivity contribution in [1.82, 2.24) is 10.2 Å². The van der Waals surface area contributed by atoms with Crippen LogP contribution in [0.25, 0.3) is 6.08 Å². The fourth-order valence-corrected chi connectivity index (χ4v) is 4.62. The zero-order valence-corrected chi connectivity index (χ0v) is 14.4. The largest absolute Gasteiger partial charge is 0.465 e. The Morgan fingerprint density at radius 1 is 1.57 bits per heavy atom. The van der Waals surface area contributed by atoms with E-state index in [4.69, 9.17) is 16.6 Å². The van der Waals surface area contributed by atoms with E-state index in [1.807, 2.05) is 0 Å². The summed E-state index contributed by atoms with van der Waals surface area (Å²) in [6, 6.07) is 3.19. The van der Waals surface area contributed by atoms with Crippen LogP contribution < -0.4 is 5.32 Å². The summed E-state index contributed by atoms with van der Waals surface area (Å²) in [5, 5.41) is 12.5. The van der Waals surface area contributed by atoms with E-state index in [1.54, 1.807) is 30.0 Å². The maximum absolute atomic E-state index is 12.4. The average Bonchev–Trinajstić information content (AvgIpc) is 3.20. The van der Waals surface area contributed by atoms with Crippen LogP contribution in [-0.4, -0.2) is 56.3 Å². The first-order chi connectivity index (χ1) is 11.0. The first kappa shape index (κ1) is 16.6. The molecule has 1 aromatic rings. The molecule has 2 unspecified atom stereocenters. The van der Waals surface area contributed by atoms with Crippen LogP contribution >= 0.6 is 35.7 Å². The Balaban J connectivity index is 1.62. The highest BCUT2D eigenvalue weighted by atomic mass is 32.2. The molecule has 0 radical (unpaired) electrons. The van der Waals surface area contributed by atoms with E-state index in [0.29, 0.717) is 26.5 Å². The van der Waals surface area contributed by atoms with Crippen molar-refractivity contribution in [2.75, 3.05) is 18.1 Å². The van der Waals surface area contributed by atoms with Gasteiger partial charge in [-0.2, -0.15) is 11.8 Å². The first-order valence-corrected chi connectivity index (χ1v) is 9.26. The number of hydrogen-bond acceptors (Lipinski definition) is 7. The molecule has 2 N–H and O–H groups in total. The highest BCUT2D eigenvalue weighted by Gasteiger charge is 2.35. The number of aliphatic hydroxyl groups excluding tert-OH is 1. The van der Waals surface area contributed by atoms with Gasteiger partial charge in [0.15, 0.2) is 0 Å². The molecule has 9 heteroatoms. The molecular formula is C14H14N2O4S3. The molecule has 2 fully saturated rings. The van der Waals surface area contributed by atoms with Crippen molar-refractivity contribution in [3.05, 3.63) is 29.1 Å². The van der Waals surface area contributed by atoms with E-state index < -0.39 is 6.10 Å². The van der Waals surface area contributed by atoms with Crippen molar-refractivity contribution < 1.29 is 19.1 Å². The fraction of sp³-hybridized carbons (Fsp3) is 0.357. The Hall–Kier alpha value is -1.29. The number of nitrogens with one attached hydrogen (secondary N) is 1. The number of hydrogen-bond donors (Lipinski definition) is 2. The van der Waals surface area contributed by atoms with Crippen LogP contribution in [0.2, 0.25) is 0 Å². The molecule has 3 heterocycles. The monoisotopic (exact) mass is 370 g/mol. The second kappa shape index (κ2) is 7.08. The number of thioether (sulfide) groups is 2. The third-order valence-corrected chi connectivity index (χ3v) is 5.94. The topological polar surface area (TPSA) is 82.8 Å². The maximum atomic E-state index is 12.4. The van der Waals surface area contributed by atoms with Crippen molar-refractivity contribution in [2.24, 2.45) is 0 Å². The minimum Gasteiger partial charge on any atom is -0.465 e. The maximum Gasteiger partial charge on any atom is 0.266 e. The van der Waals surface area contributed by atoms with Crippen LogP contribution in [0.4, 0.5) is 0 Å². The molecule has 1 aromatic heterocycles. The molecule has 0 saturated carbocycles. The van der Waals surface area contributed by atoms with Gasteiger partial charge in [0.25, 0.3) is 5.91 Å².